The molecule has 0 unspecified atom stereocenters. The molecule has 4 heterocycles. The van der Waals surface area contributed by atoms with Crippen LogP contribution in [0.4, 0.5) is 0 Å². The standard InChI is InChI=1S/C29H27N2O2S.C15H28O2.Ir/c1-15(2)11-22-16(3)23-20(32-22)7-8-21-24(23)25-26(30-14-31-28(25)33-21)18-12-17-9-10-34-27(17)19(13-18)29(4,5)6;1-7-14(5,8-2)12(16)11-13(17)15(6,9-3)10-4;/h7-10,13-15H,11H2,1-6H3;11,16H,7-10H2,1-6H3;/q-1;;/b;12-11-;. The van der Waals surface area contributed by atoms with E-state index in [0.29, 0.717) is 11.6 Å². The molecule has 6 aromatic rings. The van der Waals surface area contributed by atoms with Crippen molar-refractivity contribution in [3.8, 4) is 11.3 Å². The molecule has 0 saturated carbocycles. The number of benzene rings is 2. The van der Waals surface area contributed by atoms with Crippen molar-refractivity contribution in [1.29, 1.82) is 0 Å². The van der Waals surface area contributed by atoms with Gasteiger partial charge < -0.3 is 13.9 Å². The molecule has 0 aliphatic rings. The molecule has 0 spiro atoms. The molecule has 0 bridgehead atoms. The van der Waals surface area contributed by atoms with Crippen LogP contribution in [0.25, 0.3) is 54.4 Å². The summed E-state index contributed by atoms with van der Waals surface area (Å²) in [4.78, 5) is 21.5. The van der Waals surface area contributed by atoms with Crippen LogP contribution in [0.2, 0.25) is 0 Å². The van der Waals surface area contributed by atoms with Crippen LogP contribution in [0.3, 0.4) is 0 Å². The van der Waals surface area contributed by atoms with E-state index >= 15 is 0 Å². The zero-order valence-electron chi connectivity index (χ0n) is 33.0. The van der Waals surface area contributed by atoms with Crippen LogP contribution >= 0.6 is 11.3 Å². The van der Waals surface area contributed by atoms with Crippen molar-refractivity contribution in [3.63, 3.8) is 0 Å². The Balaban J connectivity index is 0.000000289. The van der Waals surface area contributed by atoms with E-state index in [1.807, 2.05) is 53.7 Å². The zero-order valence-corrected chi connectivity index (χ0v) is 36.2. The Morgan fingerprint density at radius 3 is 2.10 bits per heavy atom. The summed E-state index contributed by atoms with van der Waals surface area (Å²) >= 11 is 1.77. The number of hydrogen-bond donors (Lipinski definition) is 1. The summed E-state index contributed by atoms with van der Waals surface area (Å²) in [5.74, 6) is 1.83. The van der Waals surface area contributed by atoms with Gasteiger partial charge in [0.25, 0.3) is 0 Å². The van der Waals surface area contributed by atoms with E-state index in [1.165, 1.54) is 21.9 Å². The van der Waals surface area contributed by atoms with Crippen molar-refractivity contribution in [2.24, 2.45) is 16.7 Å². The smallest absolute Gasteiger partial charge is 0.223 e. The summed E-state index contributed by atoms with van der Waals surface area (Å²) in [7, 11) is 0. The maximum absolute atomic E-state index is 12.2. The van der Waals surface area contributed by atoms with E-state index in [2.05, 4.69) is 70.1 Å². The Morgan fingerprint density at radius 1 is 0.904 bits per heavy atom. The van der Waals surface area contributed by atoms with Crippen LogP contribution in [0.15, 0.2) is 56.6 Å². The van der Waals surface area contributed by atoms with Crippen molar-refractivity contribution < 1.29 is 38.8 Å². The van der Waals surface area contributed by atoms with Gasteiger partial charge in [0.05, 0.1) is 0 Å². The van der Waals surface area contributed by atoms with Gasteiger partial charge in [-0.3, -0.25) is 9.78 Å². The number of rotatable bonds is 10. The van der Waals surface area contributed by atoms with Crippen molar-refractivity contribution in [2.45, 2.75) is 121 Å². The second-order valence-corrected chi connectivity index (χ2v) is 16.9. The van der Waals surface area contributed by atoms with Gasteiger partial charge in [-0.05, 0) is 71.7 Å². The molecule has 1 radical (unpaired) electrons. The zero-order chi connectivity index (χ0) is 37.5. The number of aliphatic hydroxyl groups excluding tert-OH is 1. The minimum atomic E-state index is -0.337. The average Bonchev–Trinajstić information content (AvgIpc) is 3.81. The summed E-state index contributed by atoms with van der Waals surface area (Å²) in [6.45, 7) is 25.4. The molecule has 52 heavy (non-hydrogen) atoms. The summed E-state index contributed by atoms with van der Waals surface area (Å²) in [5, 5.41) is 16.4. The molecule has 8 heteroatoms. The van der Waals surface area contributed by atoms with Crippen LogP contribution in [0.1, 0.15) is 119 Å². The molecular weight excluding hydrogens is 845 g/mol. The predicted molar refractivity (Wildman–Crippen MR) is 214 cm³/mol. The van der Waals surface area contributed by atoms with E-state index in [1.54, 1.807) is 17.7 Å². The van der Waals surface area contributed by atoms with Gasteiger partial charge in [-0.2, -0.15) is 11.3 Å². The van der Waals surface area contributed by atoms with Crippen LogP contribution in [-0.4, -0.2) is 20.9 Å². The molecule has 0 saturated heterocycles. The van der Waals surface area contributed by atoms with Gasteiger partial charge in [-0.15, -0.1) is 23.6 Å². The number of ketones is 1. The Morgan fingerprint density at radius 2 is 1.52 bits per heavy atom. The first-order valence-corrected chi connectivity index (χ1v) is 19.4. The number of carbonyl (C=O) groups is 1. The van der Waals surface area contributed by atoms with Crippen LogP contribution in [0, 0.1) is 29.7 Å². The average molecular weight is 900 g/mol. The monoisotopic (exact) mass is 900 g/mol. The molecule has 281 valence electrons. The second kappa shape index (κ2) is 16.0. The third kappa shape index (κ3) is 7.81. The molecule has 0 atom stereocenters. The molecule has 2 aromatic carbocycles. The van der Waals surface area contributed by atoms with Gasteiger partial charge in [0, 0.05) is 65.3 Å². The fourth-order valence-corrected chi connectivity index (χ4v) is 7.70. The molecule has 0 fully saturated rings. The quantitative estimate of drug-likeness (QED) is 0.0837. The third-order valence-electron chi connectivity index (χ3n) is 11.2. The number of carbonyl (C=O) groups excluding carboxylic acids is 1. The maximum Gasteiger partial charge on any atom is 0.223 e. The van der Waals surface area contributed by atoms with E-state index in [-0.39, 0.29) is 47.9 Å². The molecule has 6 rings (SSSR count). The number of hydrogen-bond acceptors (Lipinski definition) is 7. The number of allylic oxidation sites excluding steroid dienone is 2. The third-order valence-corrected chi connectivity index (χ3v) is 12.1. The van der Waals surface area contributed by atoms with Crippen LogP contribution in [0.5, 0.6) is 0 Å². The summed E-state index contributed by atoms with van der Waals surface area (Å²) in [6.07, 6.45) is 7.25. The van der Waals surface area contributed by atoms with E-state index < -0.39 is 0 Å². The Hall–Kier alpha value is -3.32. The Kier molecular flexibility index (Phi) is 12.7. The normalized spacial score (nSPS) is 12.9. The molecule has 0 aliphatic heterocycles. The van der Waals surface area contributed by atoms with E-state index in [4.69, 9.17) is 13.8 Å². The second-order valence-electron chi connectivity index (χ2n) is 16.0. The largest absolute Gasteiger partial charge is 0.512 e. The van der Waals surface area contributed by atoms with Gasteiger partial charge in [-0.25, -0.2) is 4.98 Å². The Labute approximate surface area is 326 Å². The first-order valence-electron chi connectivity index (χ1n) is 18.5. The summed E-state index contributed by atoms with van der Waals surface area (Å²) in [6, 6.07) is 12.0. The van der Waals surface area contributed by atoms with Gasteiger partial charge in [0.1, 0.15) is 29.0 Å². The minimum absolute atomic E-state index is 0. The molecule has 0 aliphatic carbocycles. The molecule has 4 aromatic heterocycles. The minimum Gasteiger partial charge on any atom is -0.512 e. The topological polar surface area (TPSA) is 89.4 Å². The fraction of sp³-hybridized carbons (Fsp3) is 0.477. The summed E-state index contributed by atoms with van der Waals surface area (Å²) < 4.78 is 13.8. The number of thiophene rings is 1. The summed E-state index contributed by atoms with van der Waals surface area (Å²) in [5.41, 5.74) is 5.95. The SMILES string of the molecule is CCC(C)(CC)C(=O)/C=C(\O)C(C)(CC)CC.Cc1c(CC(C)C)oc2ccc3oc4ncnc(-c5[c-]c6ccsc6c(C(C)(C)C)c5)c4c3c12.[Ir]. The van der Waals surface area contributed by atoms with Crippen LogP contribution in [-0.2, 0) is 36.7 Å². The van der Waals surface area contributed by atoms with Crippen LogP contribution < -0.4 is 0 Å². The van der Waals surface area contributed by atoms with Gasteiger partial charge in [0.2, 0.25) is 5.71 Å². The molecule has 0 amide bonds. The number of aromatic nitrogens is 2. The fourth-order valence-electron chi connectivity index (χ4n) is 6.63. The molecule has 1 N–H and O–H groups in total. The van der Waals surface area contributed by atoms with Crippen molar-refractivity contribution >= 4 is 60.2 Å². The van der Waals surface area contributed by atoms with Crippen molar-refractivity contribution in [1.82, 2.24) is 9.97 Å². The first-order chi connectivity index (χ1) is 24.0. The van der Waals surface area contributed by atoms with Gasteiger partial charge in [0.15, 0.2) is 5.78 Å². The number of fused-ring (bicyclic) bond motifs is 6. The maximum atomic E-state index is 12.2. The number of nitrogens with zero attached hydrogens (tertiary/aromatic N) is 2. The molecular formula is C44H55IrN2O4S-. The number of aliphatic hydroxyl groups is 1. The Bertz CT molecular complexity index is 2220. The number of aryl methyl sites for hydroxylation is 1. The van der Waals surface area contributed by atoms with Crippen molar-refractivity contribution in [2.75, 3.05) is 0 Å². The van der Waals surface area contributed by atoms with E-state index in [9.17, 15) is 9.90 Å². The van der Waals surface area contributed by atoms with Gasteiger partial charge in [-0.1, -0.05) is 87.3 Å². The van der Waals surface area contributed by atoms with Gasteiger partial charge >= 0.3 is 0 Å². The predicted octanol–water partition coefficient (Wildman–Crippen LogP) is 13.3. The van der Waals surface area contributed by atoms with E-state index in [0.717, 1.165) is 81.8 Å². The van der Waals surface area contributed by atoms with Crippen molar-refractivity contribution in [3.05, 3.63) is 70.8 Å². The molecule has 6 nitrogen and oxygen atoms in total. The number of furan rings is 2. The first kappa shape index (κ1) is 41.4.